The molecule has 1 aliphatic carbocycles. The number of carboxylic acids is 1. The molecule has 6 heteroatoms. The number of nitrogens with zero attached hydrogens (tertiary/aromatic N) is 4. The summed E-state index contributed by atoms with van der Waals surface area (Å²) >= 11 is 0. The molecule has 0 bridgehead atoms. The monoisotopic (exact) mass is 294 g/mol. The van der Waals surface area contributed by atoms with Gasteiger partial charge in [-0.1, -0.05) is 0 Å². The summed E-state index contributed by atoms with van der Waals surface area (Å²) in [6.07, 6.45) is 5.81. The van der Waals surface area contributed by atoms with E-state index in [1.807, 2.05) is 19.2 Å². The van der Waals surface area contributed by atoms with Gasteiger partial charge in [0.25, 0.3) is 0 Å². The minimum atomic E-state index is -1.12. The molecule has 1 N–H and O–H groups in total. The SMILES string of the molecule is Cn1nc(C2CC2)cc1/C=C/c1nc(C(=O)O)ccc1C#N. The number of rotatable bonds is 4. The van der Waals surface area contributed by atoms with Crippen molar-refractivity contribution >= 4 is 18.1 Å². The van der Waals surface area contributed by atoms with E-state index in [1.54, 1.807) is 16.8 Å². The summed E-state index contributed by atoms with van der Waals surface area (Å²) in [5.41, 5.74) is 2.58. The zero-order valence-electron chi connectivity index (χ0n) is 12.0. The zero-order valence-corrected chi connectivity index (χ0v) is 12.0. The van der Waals surface area contributed by atoms with Crippen molar-refractivity contribution in [3.05, 3.63) is 46.5 Å². The van der Waals surface area contributed by atoms with Crippen molar-refractivity contribution in [2.24, 2.45) is 7.05 Å². The van der Waals surface area contributed by atoms with Gasteiger partial charge in [0.05, 0.1) is 22.6 Å². The first kappa shape index (κ1) is 14.0. The first-order valence-electron chi connectivity index (χ1n) is 6.95. The van der Waals surface area contributed by atoms with Gasteiger partial charge in [0.1, 0.15) is 11.8 Å². The van der Waals surface area contributed by atoms with E-state index in [-0.39, 0.29) is 5.69 Å². The number of hydrogen-bond acceptors (Lipinski definition) is 4. The Morgan fingerprint density at radius 2 is 2.23 bits per heavy atom. The van der Waals surface area contributed by atoms with Gasteiger partial charge in [-0.3, -0.25) is 4.68 Å². The number of aromatic carboxylic acids is 1. The summed E-state index contributed by atoms with van der Waals surface area (Å²) in [6, 6.07) is 6.83. The van der Waals surface area contributed by atoms with Gasteiger partial charge < -0.3 is 5.11 Å². The maximum absolute atomic E-state index is 11.0. The Bertz CT molecular complexity index is 810. The Balaban J connectivity index is 1.93. The van der Waals surface area contributed by atoms with E-state index in [1.165, 1.54) is 25.0 Å². The fourth-order valence-corrected chi connectivity index (χ4v) is 2.22. The molecule has 0 spiro atoms. The summed E-state index contributed by atoms with van der Waals surface area (Å²) < 4.78 is 1.78. The number of carbonyl (C=O) groups is 1. The molecule has 0 radical (unpaired) electrons. The maximum Gasteiger partial charge on any atom is 0.354 e. The van der Waals surface area contributed by atoms with E-state index >= 15 is 0 Å². The molecule has 2 aromatic rings. The second-order valence-electron chi connectivity index (χ2n) is 5.27. The molecule has 1 fully saturated rings. The smallest absolute Gasteiger partial charge is 0.354 e. The lowest BCUT2D eigenvalue weighted by Gasteiger charge is -2.00. The van der Waals surface area contributed by atoms with Crippen LogP contribution in [0.5, 0.6) is 0 Å². The second-order valence-corrected chi connectivity index (χ2v) is 5.27. The third-order valence-corrected chi connectivity index (χ3v) is 3.61. The van der Waals surface area contributed by atoms with Crippen LogP contribution in [0.1, 0.15) is 51.9 Å². The predicted octanol–water partition coefficient (Wildman–Crippen LogP) is 2.43. The summed E-state index contributed by atoms with van der Waals surface area (Å²) in [5, 5.41) is 22.5. The average Bonchev–Trinajstić information content (AvgIpc) is 3.29. The Kier molecular flexibility index (Phi) is 3.47. The molecular formula is C16H14N4O2. The highest BCUT2D eigenvalue weighted by molar-refractivity contribution is 5.86. The van der Waals surface area contributed by atoms with Gasteiger partial charge in [0.15, 0.2) is 0 Å². The Hall–Kier alpha value is -2.94. The van der Waals surface area contributed by atoms with Crippen molar-refractivity contribution in [2.45, 2.75) is 18.8 Å². The zero-order chi connectivity index (χ0) is 15.7. The number of carboxylic acid groups (broad SMARTS) is 1. The van der Waals surface area contributed by atoms with Crippen LogP contribution in [0, 0.1) is 11.3 Å². The minimum Gasteiger partial charge on any atom is -0.477 e. The largest absolute Gasteiger partial charge is 0.477 e. The molecule has 0 atom stereocenters. The van der Waals surface area contributed by atoms with Crippen LogP contribution in [0.2, 0.25) is 0 Å². The normalized spacial score (nSPS) is 14.2. The Labute approximate surface area is 127 Å². The maximum atomic E-state index is 11.0. The third-order valence-electron chi connectivity index (χ3n) is 3.61. The highest BCUT2D eigenvalue weighted by Crippen LogP contribution is 2.39. The lowest BCUT2D eigenvalue weighted by molar-refractivity contribution is 0.0690. The van der Waals surface area contributed by atoms with Gasteiger partial charge in [0, 0.05) is 13.0 Å². The lowest BCUT2D eigenvalue weighted by atomic mass is 10.1. The summed E-state index contributed by atoms with van der Waals surface area (Å²) in [6.45, 7) is 0. The first-order chi connectivity index (χ1) is 10.6. The van der Waals surface area contributed by atoms with E-state index in [9.17, 15) is 4.79 Å². The van der Waals surface area contributed by atoms with Gasteiger partial charge in [-0.15, -0.1) is 0 Å². The van der Waals surface area contributed by atoms with E-state index in [2.05, 4.69) is 10.1 Å². The van der Waals surface area contributed by atoms with Crippen LogP contribution in [-0.2, 0) is 7.05 Å². The topological polar surface area (TPSA) is 91.8 Å². The Morgan fingerprint density at radius 3 is 2.86 bits per heavy atom. The quantitative estimate of drug-likeness (QED) is 0.935. The van der Waals surface area contributed by atoms with Crippen LogP contribution in [0.25, 0.3) is 12.2 Å². The fourth-order valence-electron chi connectivity index (χ4n) is 2.22. The van der Waals surface area contributed by atoms with Crippen molar-refractivity contribution in [3.8, 4) is 6.07 Å². The number of aromatic nitrogens is 3. The molecule has 0 aromatic carbocycles. The summed E-state index contributed by atoms with van der Waals surface area (Å²) in [5.74, 6) is -0.549. The molecule has 2 heterocycles. The summed E-state index contributed by atoms with van der Waals surface area (Å²) in [4.78, 5) is 15.0. The molecular weight excluding hydrogens is 280 g/mol. The Morgan fingerprint density at radius 1 is 1.45 bits per heavy atom. The van der Waals surface area contributed by atoms with Crippen LogP contribution in [0.4, 0.5) is 0 Å². The predicted molar refractivity (Wildman–Crippen MR) is 80.0 cm³/mol. The highest BCUT2D eigenvalue weighted by Gasteiger charge is 2.26. The van der Waals surface area contributed by atoms with Gasteiger partial charge >= 0.3 is 5.97 Å². The van der Waals surface area contributed by atoms with E-state index < -0.39 is 5.97 Å². The molecule has 0 saturated heterocycles. The molecule has 1 aliphatic rings. The first-order valence-corrected chi connectivity index (χ1v) is 6.95. The molecule has 0 amide bonds. The van der Waals surface area contributed by atoms with Gasteiger partial charge in [-0.25, -0.2) is 9.78 Å². The molecule has 0 aliphatic heterocycles. The van der Waals surface area contributed by atoms with Gasteiger partial charge in [-0.05, 0) is 43.2 Å². The van der Waals surface area contributed by atoms with Crippen LogP contribution < -0.4 is 0 Å². The number of hydrogen-bond donors (Lipinski definition) is 1. The van der Waals surface area contributed by atoms with E-state index in [4.69, 9.17) is 10.4 Å². The summed E-state index contributed by atoms with van der Waals surface area (Å²) in [7, 11) is 1.86. The second kappa shape index (κ2) is 5.45. The molecule has 6 nitrogen and oxygen atoms in total. The third kappa shape index (κ3) is 2.74. The van der Waals surface area contributed by atoms with E-state index in [0.29, 0.717) is 17.2 Å². The average molecular weight is 294 g/mol. The molecule has 3 rings (SSSR count). The van der Waals surface area contributed by atoms with Gasteiger partial charge in [0.2, 0.25) is 0 Å². The van der Waals surface area contributed by atoms with Gasteiger partial charge in [-0.2, -0.15) is 10.4 Å². The molecule has 110 valence electrons. The van der Waals surface area contributed by atoms with Crippen molar-refractivity contribution in [3.63, 3.8) is 0 Å². The molecule has 22 heavy (non-hydrogen) atoms. The van der Waals surface area contributed by atoms with Crippen molar-refractivity contribution in [2.75, 3.05) is 0 Å². The molecule has 1 saturated carbocycles. The standard InChI is InChI=1S/C16H14N4O2/c1-20-12(8-15(19-20)10-2-3-10)5-7-13-11(9-17)4-6-14(18-13)16(21)22/h4-8,10H,2-3H2,1H3,(H,21,22)/b7-5+. The highest BCUT2D eigenvalue weighted by atomic mass is 16.4. The van der Waals surface area contributed by atoms with Crippen molar-refractivity contribution in [1.82, 2.24) is 14.8 Å². The fraction of sp³-hybridized carbons (Fsp3) is 0.250. The van der Waals surface area contributed by atoms with Crippen LogP contribution in [0.15, 0.2) is 18.2 Å². The van der Waals surface area contributed by atoms with Crippen LogP contribution in [0.3, 0.4) is 0 Å². The minimum absolute atomic E-state index is 0.0812. The number of nitriles is 1. The van der Waals surface area contributed by atoms with Crippen LogP contribution in [-0.4, -0.2) is 25.8 Å². The molecule has 0 unspecified atom stereocenters. The number of aryl methyl sites for hydroxylation is 1. The molecule has 2 aromatic heterocycles. The van der Waals surface area contributed by atoms with Crippen molar-refractivity contribution < 1.29 is 9.90 Å². The van der Waals surface area contributed by atoms with Crippen LogP contribution >= 0.6 is 0 Å². The number of pyridine rings is 1. The lowest BCUT2D eigenvalue weighted by Crippen LogP contribution is -2.02. The van der Waals surface area contributed by atoms with Crippen molar-refractivity contribution in [1.29, 1.82) is 5.26 Å². The van der Waals surface area contributed by atoms with E-state index in [0.717, 1.165) is 11.4 Å².